The van der Waals surface area contributed by atoms with E-state index in [4.69, 9.17) is 23.2 Å². The van der Waals surface area contributed by atoms with Crippen molar-refractivity contribution in [1.29, 1.82) is 0 Å². The summed E-state index contributed by atoms with van der Waals surface area (Å²) < 4.78 is 0. The van der Waals surface area contributed by atoms with Gasteiger partial charge in [0, 0.05) is 32.1 Å². The fourth-order valence-electron chi connectivity index (χ4n) is 5.14. The Bertz CT molecular complexity index is 944. The van der Waals surface area contributed by atoms with E-state index in [1.807, 2.05) is 18.2 Å². The number of carboxylic acid groups (broad SMARTS) is 1. The molecule has 4 nitrogen and oxygen atoms in total. The van der Waals surface area contributed by atoms with Crippen molar-refractivity contribution in [2.75, 3.05) is 31.1 Å². The van der Waals surface area contributed by atoms with Crippen molar-refractivity contribution < 1.29 is 9.90 Å². The third-order valence-electron chi connectivity index (χ3n) is 7.01. The number of benzene rings is 2. The first kappa shape index (κ1) is 22.4. The minimum Gasteiger partial charge on any atom is -0.481 e. The van der Waals surface area contributed by atoms with Crippen LogP contribution < -0.4 is 4.90 Å². The molecule has 1 N–H and O–H groups in total. The lowest BCUT2D eigenvalue weighted by Crippen LogP contribution is -2.45. The number of nitrogens with zero attached hydrogens (tertiary/aromatic N) is 2. The highest BCUT2D eigenvalue weighted by molar-refractivity contribution is 6.39. The molecule has 0 amide bonds. The van der Waals surface area contributed by atoms with Crippen LogP contribution in [-0.4, -0.2) is 42.2 Å². The quantitative estimate of drug-likeness (QED) is 0.615. The smallest absolute Gasteiger partial charge is 0.306 e. The zero-order valence-corrected chi connectivity index (χ0v) is 19.9. The number of hydrogen-bond donors (Lipinski definition) is 1. The summed E-state index contributed by atoms with van der Waals surface area (Å²) in [5, 5.41) is 10.8. The van der Waals surface area contributed by atoms with Gasteiger partial charge in [0.1, 0.15) is 0 Å². The van der Waals surface area contributed by atoms with Crippen LogP contribution >= 0.6 is 23.2 Å². The Hall–Kier alpha value is -1.75. The molecule has 2 heterocycles. The summed E-state index contributed by atoms with van der Waals surface area (Å²) in [7, 11) is 0. The van der Waals surface area contributed by atoms with Crippen LogP contribution in [0.25, 0.3) is 0 Å². The number of piperidine rings is 1. The molecule has 2 aromatic carbocycles. The van der Waals surface area contributed by atoms with Crippen molar-refractivity contribution >= 4 is 34.9 Å². The van der Waals surface area contributed by atoms with Gasteiger partial charge >= 0.3 is 5.97 Å². The first-order valence-electron chi connectivity index (χ1n) is 11.0. The van der Waals surface area contributed by atoms with E-state index in [-0.39, 0.29) is 11.8 Å². The second kappa shape index (κ2) is 9.01. The van der Waals surface area contributed by atoms with Gasteiger partial charge in [0.15, 0.2) is 0 Å². The molecule has 0 saturated carbocycles. The van der Waals surface area contributed by atoms with E-state index in [1.54, 1.807) is 0 Å². The number of halogens is 2. The highest BCUT2D eigenvalue weighted by atomic mass is 35.5. The first-order chi connectivity index (χ1) is 14.7. The predicted molar refractivity (Wildman–Crippen MR) is 128 cm³/mol. The van der Waals surface area contributed by atoms with Crippen LogP contribution in [-0.2, 0) is 11.3 Å². The number of anilines is 1. The minimum absolute atomic E-state index is 0.184. The third kappa shape index (κ3) is 4.57. The molecule has 6 heteroatoms. The largest absolute Gasteiger partial charge is 0.481 e. The number of para-hydroxylation sites is 1. The van der Waals surface area contributed by atoms with Crippen LogP contribution in [0.1, 0.15) is 41.5 Å². The van der Waals surface area contributed by atoms with Gasteiger partial charge in [0.2, 0.25) is 0 Å². The molecule has 0 bridgehead atoms. The highest BCUT2D eigenvalue weighted by Gasteiger charge is 2.33. The molecule has 0 aliphatic carbocycles. The molecule has 2 unspecified atom stereocenters. The van der Waals surface area contributed by atoms with E-state index in [2.05, 4.69) is 42.7 Å². The molecule has 2 saturated heterocycles. The maximum atomic E-state index is 11.4. The molecule has 0 spiro atoms. The molecule has 2 aliphatic heterocycles. The van der Waals surface area contributed by atoms with Crippen molar-refractivity contribution in [3.05, 3.63) is 62.6 Å². The van der Waals surface area contributed by atoms with Gasteiger partial charge in [-0.2, -0.15) is 0 Å². The van der Waals surface area contributed by atoms with Crippen molar-refractivity contribution in [1.82, 2.24) is 4.90 Å². The maximum absolute atomic E-state index is 11.4. The second-order valence-corrected chi connectivity index (χ2v) is 10.1. The number of carbonyl (C=O) groups is 1. The van der Waals surface area contributed by atoms with Crippen LogP contribution in [0.4, 0.5) is 5.69 Å². The minimum atomic E-state index is -0.656. The Balaban J connectivity index is 1.42. The lowest BCUT2D eigenvalue weighted by Gasteiger charge is -2.42. The molecular formula is C25H30Cl2N2O2. The van der Waals surface area contributed by atoms with Crippen LogP contribution in [0.5, 0.6) is 0 Å². The van der Waals surface area contributed by atoms with E-state index < -0.39 is 5.97 Å². The fourth-order valence-corrected chi connectivity index (χ4v) is 5.78. The van der Waals surface area contributed by atoms with Crippen molar-refractivity contribution in [2.24, 2.45) is 11.8 Å². The molecular weight excluding hydrogens is 431 g/mol. The average molecular weight is 461 g/mol. The number of hydrogen-bond acceptors (Lipinski definition) is 3. The van der Waals surface area contributed by atoms with Gasteiger partial charge < -0.3 is 10.0 Å². The summed E-state index contributed by atoms with van der Waals surface area (Å²) in [6.45, 7) is 10.9. The Morgan fingerprint density at radius 3 is 2.26 bits per heavy atom. The van der Waals surface area contributed by atoms with E-state index in [0.717, 1.165) is 44.8 Å². The third-order valence-corrected chi connectivity index (χ3v) is 7.62. The highest BCUT2D eigenvalue weighted by Crippen LogP contribution is 2.40. The van der Waals surface area contributed by atoms with Crippen molar-refractivity contribution in [3.8, 4) is 0 Å². The van der Waals surface area contributed by atoms with Gasteiger partial charge in [0.05, 0.1) is 21.7 Å². The van der Waals surface area contributed by atoms with Crippen LogP contribution in [0.15, 0.2) is 30.3 Å². The average Bonchev–Trinajstić information content (AvgIpc) is 2.65. The Labute approximate surface area is 194 Å². The van der Waals surface area contributed by atoms with E-state index in [0.29, 0.717) is 16.0 Å². The molecule has 0 radical (unpaired) electrons. The Morgan fingerprint density at radius 1 is 1.10 bits per heavy atom. The summed E-state index contributed by atoms with van der Waals surface area (Å²) in [6, 6.07) is 10.3. The molecule has 2 aromatic rings. The number of likely N-dealkylation sites (tertiary alicyclic amines) is 1. The molecule has 166 valence electrons. The summed E-state index contributed by atoms with van der Waals surface area (Å²) in [5.41, 5.74) is 6.31. The lowest BCUT2D eigenvalue weighted by molar-refractivity contribution is -0.145. The van der Waals surface area contributed by atoms with Crippen molar-refractivity contribution in [2.45, 2.75) is 39.7 Å². The van der Waals surface area contributed by atoms with Gasteiger partial charge in [-0.05, 0) is 67.1 Å². The molecule has 2 atom stereocenters. The summed E-state index contributed by atoms with van der Waals surface area (Å²) in [5.74, 6) is -0.209. The lowest BCUT2D eigenvalue weighted by atomic mass is 9.85. The SMILES string of the molecule is Cc1cc(C2CN(c3c(Cl)cccc3Cl)C2)cc(C)c1CN1CCC(C(=O)O)C(C)C1. The van der Waals surface area contributed by atoms with E-state index in [1.165, 1.54) is 22.3 Å². The normalized spacial score (nSPS) is 22.4. The van der Waals surface area contributed by atoms with Gasteiger partial charge in [-0.25, -0.2) is 0 Å². The zero-order valence-electron chi connectivity index (χ0n) is 18.4. The van der Waals surface area contributed by atoms with Crippen LogP contribution in [0, 0.1) is 25.7 Å². The Kier molecular flexibility index (Phi) is 6.52. The molecule has 2 aliphatic rings. The van der Waals surface area contributed by atoms with Crippen LogP contribution in [0.3, 0.4) is 0 Å². The summed E-state index contributed by atoms with van der Waals surface area (Å²) in [4.78, 5) is 16.0. The van der Waals surface area contributed by atoms with Gasteiger partial charge in [-0.1, -0.05) is 48.3 Å². The number of aliphatic carboxylic acids is 1. The van der Waals surface area contributed by atoms with Crippen LogP contribution in [0.2, 0.25) is 10.0 Å². The fraction of sp³-hybridized carbons (Fsp3) is 0.480. The predicted octanol–water partition coefficient (Wildman–Crippen LogP) is 5.76. The Morgan fingerprint density at radius 2 is 1.71 bits per heavy atom. The second-order valence-electron chi connectivity index (χ2n) is 9.25. The number of aryl methyl sites for hydroxylation is 2. The molecule has 31 heavy (non-hydrogen) atoms. The number of carboxylic acids is 1. The van der Waals surface area contributed by atoms with E-state index in [9.17, 15) is 9.90 Å². The topological polar surface area (TPSA) is 43.8 Å². The van der Waals surface area contributed by atoms with Crippen molar-refractivity contribution in [3.63, 3.8) is 0 Å². The molecule has 0 aromatic heterocycles. The van der Waals surface area contributed by atoms with Gasteiger partial charge in [-0.3, -0.25) is 9.69 Å². The monoisotopic (exact) mass is 460 g/mol. The molecule has 2 fully saturated rings. The van der Waals surface area contributed by atoms with Gasteiger partial charge in [0.25, 0.3) is 0 Å². The standard InChI is InChI=1S/C25H30Cl2N2O2/c1-15-9-18(19-12-29(13-19)24-22(26)5-4-6-23(24)27)10-16(2)21(15)14-28-8-7-20(25(30)31)17(3)11-28/h4-6,9-10,17,19-20H,7-8,11-14H2,1-3H3,(H,30,31). The number of rotatable bonds is 5. The zero-order chi connectivity index (χ0) is 22.3. The summed E-state index contributed by atoms with van der Waals surface area (Å²) >= 11 is 12.7. The van der Waals surface area contributed by atoms with E-state index >= 15 is 0 Å². The summed E-state index contributed by atoms with van der Waals surface area (Å²) in [6.07, 6.45) is 0.731. The molecule has 4 rings (SSSR count). The van der Waals surface area contributed by atoms with Gasteiger partial charge in [-0.15, -0.1) is 0 Å². The maximum Gasteiger partial charge on any atom is 0.306 e. The first-order valence-corrected chi connectivity index (χ1v) is 11.7.